The second-order valence-corrected chi connectivity index (χ2v) is 3.13. The third-order valence-corrected chi connectivity index (χ3v) is 2.08. The topological polar surface area (TPSA) is 12.0 Å². The van der Waals surface area contributed by atoms with Crippen LogP contribution in [0, 0.1) is 0 Å². The van der Waals surface area contributed by atoms with E-state index in [4.69, 9.17) is 0 Å². The van der Waals surface area contributed by atoms with Gasteiger partial charge in [-0.25, -0.2) is 0 Å². The summed E-state index contributed by atoms with van der Waals surface area (Å²) in [5, 5.41) is 3.99. The molecule has 1 heterocycles. The molecule has 1 nitrogen and oxygen atoms in total. The Morgan fingerprint density at radius 3 is 2.75 bits per heavy atom. The van der Waals surface area contributed by atoms with Crippen molar-refractivity contribution in [3.63, 3.8) is 0 Å². The van der Waals surface area contributed by atoms with Gasteiger partial charge in [0.25, 0.3) is 0 Å². The Labute approximate surface area is 56.3 Å². The molecule has 1 fully saturated rings. The first kappa shape index (κ1) is 6.43. The maximum atomic E-state index is 4.34. The zero-order valence-electron chi connectivity index (χ0n) is 5.22. The molecular formula is C6H13NS. The van der Waals surface area contributed by atoms with E-state index >= 15 is 0 Å². The highest BCUT2D eigenvalue weighted by molar-refractivity contribution is 7.81. The number of nitrogens with one attached hydrogen (secondary N) is 1. The van der Waals surface area contributed by atoms with Crippen molar-refractivity contribution in [3.05, 3.63) is 0 Å². The molecule has 0 aliphatic carbocycles. The molecule has 0 amide bonds. The summed E-state index contributed by atoms with van der Waals surface area (Å²) >= 11 is 4.34. The summed E-state index contributed by atoms with van der Waals surface area (Å²) in [5.41, 5.74) is 0. The summed E-state index contributed by atoms with van der Waals surface area (Å²) in [6.07, 6.45) is 2.50. The van der Waals surface area contributed by atoms with Crippen LogP contribution in [0.5, 0.6) is 0 Å². The van der Waals surface area contributed by atoms with Gasteiger partial charge in [-0.15, -0.1) is 0 Å². The summed E-state index contributed by atoms with van der Waals surface area (Å²) in [4.78, 5) is 0. The van der Waals surface area contributed by atoms with Gasteiger partial charge in [0.15, 0.2) is 0 Å². The zero-order chi connectivity index (χ0) is 5.98. The van der Waals surface area contributed by atoms with Crippen LogP contribution in [0.4, 0.5) is 0 Å². The van der Waals surface area contributed by atoms with Crippen LogP contribution in [0.2, 0.25) is 0 Å². The first-order valence-electron chi connectivity index (χ1n) is 3.24. The van der Waals surface area contributed by atoms with E-state index in [0.29, 0.717) is 5.25 Å². The van der Waals surface area contributed by atoms with Crippen molar-refractivity contribution in [2.75, 3.05) is 6.54 Å². The molecule has 1 aliphatic heterocycles. The average molecular weight is 131 g/mol. The second kappa shape index (κ2) is 2.74. The summed E-state index contributed by atoms with van der Waals surface area (Å²) in [5.74, 6) is 0. The monoisotopic (exact) mass is 131 g/mol. The van der Waals surface area contributed by atoms with Crippen LogP contribution in [0.25, 0.3) is 0 Å². The fourth-order valence-electron chi connectivity index (χ4n) is 1.11. The Morgan fingerprint density at radius 2 is 2.50 bits per heavy atom. The van der Waals surface area contributed by atoms with Gasteiger partial charge in [-0.05, 0) is 12.8 Å². The molecule has 0 aromatic rings. The van der Waals surface area contributed by atoms with Gasteiger partial charge in [0.2, 0.25) is 0 Å². The van der Waals surface area contributed by atoms with Gasteiger partial charge < -0.3 is 5.32 Å². The fourth-order valence-corrected chi connectivity index (χ4v) is 1.47. The van der Waals surface area contributed by atoms with Crippen molar-refractivity contribution >= 4 is 12.6 Å². The first-order chi connectivity index (χ1) is 3.83. The summed E-state index contributed by atoms with van der Waals surface area (Å²) in [6.45, 7) is 3.31. The van der Waals surface area contributed by atoms with E-state index in [9.17, 15) is 0 Å². The van der Waals surface area contributed by atoms with E-state index in [1.807, 2.05) is 0 Å². The highest BCUT2D eigenvalue weighted by Gasteiger charge is 2.18. The maximum absolute atomic E-state index is 4.34. The van der Waals surface area contributed by atoms with E-state index in [0.717, 1.165) is 12.6 Å². The lowest BCUT2D eigenvalue weighted by Gasteiger charge is -2.02. The lowest BCUT2D eigenvalue weighted by Crippen LogP contribution is -2.19. The molecule has 0 aromatic carbocycles. The molecule has 1 rings (SSSR count). The minimum atomic E-state index is 0.611. The van der Waals surface area contributed by atoms with Crippen molar-refractivity contribution in [2.24, 2.45) is 0 Å². The molecule has 1 N–H and O–H groups in total. The molecule has 1 aliphatic rings. The van der Waals surface area contributed by atoms with Gasteiger partial charge in [0.1, 0.15) is 0 Å². The molecule has 0 spiro atoms. The predicted molar refractivity (Wildman–Crippen MR) is 39.5 cm³/mol. The first-order valence-corrected chi connectivity index (χ1v) is 3.76. The van der Waals surface area contributed by atoms with Gasteiger partial charge in [0.05, 0.1) is 0 Å². The third-order valence-electron chi connectivity index (χ3n) is 1.69. The van der Waals surface area contributed by atoms with Crippen molar-refractivity contribution in [1.82, 2.24) is 5.32 Å². The summed E-state index contributed by atoms with van der Waals surface area (Å²) in [7, 11) is 0. The van der Waals surface area contributed by atoms with E-state index in [1.54, 1.807) is 0 Å². The molecule has 0 radical (unpaired) electrons. The molecule has 1 saturated heterocycles. The standard InChI is InChI=1S/C6H13NS/c1-2-5-3-6(8)4-7-5/h5-8H,2-4H2,1H3/t5-,6?/m0/s1. The van der Waals surface area contributed by atoms with Gasteiger partial charge in [-0.2, -0.15) is 12.6 Å². The Bertz CT molecular complexity index is 74.9. The molecule has 0 aromatic heterocycles. The minimum absolute atomic E-state index is 0.611. The van der Waals surface area contributed by atoms with E-state index in [2.05, 4.69) is 24.9 Å². The predicted octanol–water partition coefficient (Wildman–Crippen LogP) is 1.06. The Morgan fingerprint density at radius 1 is 1.75 bits per heavy atom. The normalized spacial score (nSPS) is 38.2. The number of rotatable bonds is 1. The Hall–Kier alpha value is 0.310. The van der Waals surface area contributed by atoms with Gasteiger partial charge in [-0.3, -0.25) is 0 Å². The molecule has 0 saturated carbocycles. The van der Waals surface area contributed by atoms with Crippen LogP contribution in [-0.4, -0.2) is 17.8 Å². The number of hydrogen-bond acceptors (Lipinski definition) is 2. The second-order valence-electron chi connectivity index (χ2n) is 2.40. The van der Waals surface area contributed by atoms with Crippen LogP contribution in [0.1, 0.15) is 19.8 Å². The molecule has 48 valence electrons. The zero-order valence-corrected chi connectivity index (χ0v) is 6.12. The number of hydrogen-bond donors (Lipinski definition) is 2. The average Bonchev–Trinajstić information content (AvgIpc) is 2.14. The smallest absolute Gasteiger partial charge is 0.0157 e. The van der Waals surface area contributed by atoms with Crippen LogP contribution in [-0.2, 0) is 0 Å². The third kappa shape index (κ3) is 1.39. The maximum Gasteiger partial charge on any atom is 0.0157 e. The van der Waals surface area contributed by atoms with Gasteiger partial charge >= 0.3 is 0 Å². The lowest BCUT2D eigenvalue weighted by atomic mass is 10.2. The Kier molecular flexibility index (Phi) is 2.20. The fraction of sp³-hybridized carbons (Fsp3) is 1.00. The summed E-state index contributed by atoms with van der Waals surface area (Å²) in [6, 6.07) is 0.748. The van der Waals surface area contributed by atoms with Crippen LogP contribution in [0.15, 0.2) is 0 Å². The van der Waals surface area contributed by atoms with Crippen molar-refractivity contribution in [3.8, 4) is 0 Å². The quantitative estimate of drug-likeness (QED) is 0.507. The largest absolute Gasteiger partial charge is 0.313 e. The van der Waals surface area contributed by atoms with Gasteiger partial charge in [0, 0.05) is 17.8 Å². The van der Waals surface area contributed by atoms with Crippen LogP contribution < -0.4 is 5.32 Å². The van der Waals surface area contributed by atoms with Gasteiger partial charge in [-0.1, -0.05) is 6.92 Å². The van der Waals surface area contributed by atoms with Crippen LogP contribution >= 0.6 is 12.6 Å². The molecule has 1 unspecified atom stereocenters. The highest BCUT2D eigenvalue weighted by atomic mass is 32.1. The Balaban J connectivity index is 2.22. The van der Waals surface area contributed by atoms with E-state index in [1.165, 1.54) is 12.8 Å². The lowest BCUT2D eigenvalue weighted by molar-refractivity contribution is 0.588. The molecule has 2 atom stereocenters. The molecular weight excluding hydrogens is 118 g/mol. The molecule has 8 heavy (non-hydrogen) atoms. The van der Waals surface area contributed by atoms with Crippen molar-refractivity contribution in [1.29, 1.82) is 0 Å². The minimum Gasteiger partial charge on any atom is -0.313 e. The van der Waals surface area contributed by atoms with Crippen molar-refractivity contribution in [2.45, 2.75) is 31.1 Å². The molecule has 2 heteroatoms. The summed E-state index contributed by atoms with van der Waals surface area (Å²) < 4.78 is 0. The van der Waals surface area contributed by atoms with Crippen molar-refractivity contribution < 1.29 is 0 Å². The SMILES string of the molecule is CC[C@H]1CC(S)CN1. The van der Waals surface area contributed by atoms with Crippen LogP contribution in [0.3, 0.4) is 0 Å². The highest BCUT2D eigenvalue weighted by Crippen LogP contribution is 2.13. The number of thiol groups is 1. The van der Waals surface area contributed by atoms with E-state index < -0.39 is 0 Å². The van der Waals surface area contributed by atoms with E-state index in [-0.39, 0.29) is 0 Å². The molecule has 0 bridgehead atoms.